The summed E-state index contributed by atoms with van der Waals surface area (Å²) in [6, 6.07) is 15.0. The second-order valence-corrected chi connectivity index (χ2v) is 5.53. The fourth-order valence-corrected chi connectivity index (χ4v) is 2.42. The van der Waals surface area contributed by atoms with Crippen molar-refractivity contribution < 1.29 is 4.74 Å². The van der Waals surface area contributed by atoms with Gasteiger partial charge in [0.05, 0.1) is 7.11 Å². The Morgan fingerprint density at radius 3 is 2.20 bits per heavy atom. The van der Waals surface area contributed by atoms with Crippen molar-refractivity contribution in [2.24, 2.45) is 11.7 Å². The van der Waals surface area contributed by atoms with Crippen LogP contribution in [-0.2, 0) is 13.0 Å². The van der Waals surface area contributed by atoms with Gasteiger partial charge in [0, 0.05) is 12.1 Å². The van der Waals surface area contributed by atoms with Gasteiger partial charge in [-0.05, 0) is 41.2 Å². The van der Waals surface area contributed by atoms with Gasteiger partial charge in [0.25, 0.3) is 0 Å². The standard InChI is InChI=1S/C18H23NO/c1-13(2)10-14-4-6-15(7-5-14)16-8-9-18(20-3)17(11-16)12-19/h4-9,11,13H,10,12,19H2,1-3H3. The van der Waals surface area contributed by atoms with E-state index in [0.29, 0.717) is 12.5 Å². The number of hydrogen-bond donors (Lipinski definition) is 1. The predicted octanol–water partition coefficient (Wildman–Crippen LogP) is 4.02. The van der Waals surface area contributed by atoms with E-state index in [1.807, 2.05) is 6.07 Å². The molecule has 0 bridgehead atoms. The molecule has 0 fully saturated rings. The van der Waals surface area contributed by atoms with E-state index in [4.69, 9.17) is 10.5 Å². The number of benzene rings is 2. The van der Waals surface area contributed by atoms with Crippen molar-refractivity contribution in [2.75, 3.05) is 7.11 Å². The summed E-state index contributed by atoms with van der Waals surface area (Å²) in [5.41, 5.74) is 10.6. The Morgan fingerprint density at radius 1 is 1.00 bits per heavy atom. The Kier molecular flexibility index (Phi) is 4.80. The summed E-state index contributed by atoms with van der Waals surface area (Å²) >= 11 is 0. The molecule has 0 radical (unpaired) electrons. The highest BCUT2D eigenvalue weighted by atomic mass is 16.5. The molecule has 0 aromatic heterocycles. The summed E-state index contributed by atoms with van der Waals surface area (Å²) < 4.78 is 5.31. The molecule has 2 aromatic carbocycles. The molecule has 2 rings (SSSR count). The smallest absolute Gasteiger partial charge is 0.123 e. The van der Waals surface area contributed by atoms with Gasteiger partial charge >= 0.3 is 0 Å². The lowest BCUT2D eigenvalue weighted by atomic mass is 9.98. The molecular weight excluding hydrogens is 246 g/mol. The summed E-state index contributed by atoms with van der Waals surface area (Å²) in [5.74, 6) is 1.54. The van der Waals surface area contributed by atoms with Crippen LogP contribution in [-0.4, -0.2) is 7.11 Å². The third-order valence-electron chi connectivity index (χ3n) is 3.43. The van der Waals surface area contributed by atoms with Crippen LogP contribution >= 0.6 is 0 Å². The van der Waals surface area contributed by atoms with Crippen molar-refractivity contribution in [2.45, 2.75) is 26.8 Å². The molecule has 0 atom stereocenters. The van der Waals surface area contributed by atoms with Gasteiger partial charge < -0.3 is 10.5 Å². The van der Waals surface area contributed by atoms with Gasteiger partial charge in [-0.3, -0.25) is 0 Å². The maximum absolute atomic E-state index is 5.77. The molecule has 106 valence electrons. The van der Waals surface area contributed by atoms with Crippen LogP contribution in [0.5, 0.6) is 5.75 Å². The largest absolute Gasteiger partial charge is 0.496 e. The zero-order valence-electron chi connectivity index (χ0n) is 12.5. The third-order valence-corrected chi connectivity index (χ3v) is 3.43. The van der Waals surface area contributed by atoms with E-state index in [1.54, 1.807) is 7.11 Å². The van der Waals surface area contributed by atoms with Gasteiger partial charge in [0.15, 0.2) is 0 Å². The Morgan fingerprint density at radius 2 is 1.65 bits per heavy atom. The first kappa shape index (κ1) is 14.6. The van der Waals surface area contributed by atoms with Crippen LogP contribution in [0, 0.1) is 5.92 Å². The van der Waals surface area contributed by atoms with E-state index < -0.39 is 0 Å². The van der Waals surface area contributed by atoms with Gasteiger partial charge in [0.2, 0.25) is 0 Å². The molecule has 0 heterocycles. The van der Waals surface area contributed by atoms with Gasteiger partial charge in [-0.15, -0.1) is 0 Å². The Labute approximate surface area is 121 Å². The number of rotatable bonds is 5. The molecule has 0 saturated heterocycles. The van der Waals surface area contributed by atoms with Crippen LogP contribution < -0.4 is 10.5 Å². The first-order valence-corrected chi connectivity index (χ1v) is 7.10. The lowest BCUT2D eigenvalue weighted by molar-refractivity contribution is 0.410. The molecule has 2 N–H and O–H groups in total. The molecule has 0 spiro atoms. The van der Waals surface area contributed by atoms with Crippen LogP contribution in [0.4, 0.5) is 0 Å². The maximum Gasteiger partial charge on any atom is 0.123 e. The molecule has 0 amide bonds. The van der Waals surface area contributed by atoms with Gasteiger partial charge in [-0.2, -0.15) is 0 Å². The highest BCUT2D eigenvalue weighted by molar-refractivity contribution is 5.66. The van der Waals surface area contributed by atoms with Crippen molar-refractivity contribution in [1.29, 1.82) is 0 Å². The zero-order valence-corrected chi connectivity index (χ0v) is 12.5. The molecule has 0 aliphatic rings. The minimum Gasteiger partial charge on any atom is -0.496 e. The lowest BCUT2D eigenvalue weighted by Crippen LogP contribution is -2.00. The van der Waals surface area contributed by atoms with Crippen LogP contribution in [0.15, 0.2) is 42.5 Å². The van der Waals surface area contributed by atoms with Crippen LogP contribution in [0.2, 0.25) is 0 Å². The lowest BCUT2D eigenvalue weighted by Gasteiger charge is -2.10. The van der Waals surface area contributed by atoms with Gasteiger partial charge in [0.1, 0.15) is 5.75 Å². The number of nitrogens with two attached hydrogens (primary N) is 1. The minimum absolute atomic E-state index is 0.489. The zero-order chi connectivity index (χ0) is 14.5. The first-order valence-electron chi connectivity index (χ1n) is 7.10. The van der Waals surface area contributed by atoms with Crippen LogP contribution in [0.25, 0.3) is 11.1 Å². The highest BCUT2D eigenvalue weighted by Crippen LogP contribution is 2.27. The van der Waals surface area contributed by atoms with E-state index in [1.165, 1.54) is 16.7 Å². The van der Waals surface area contributed by atoms with Crippen molar-refractivity contribution in [3.63, 3.8) is 0 Å². The summed E-state index contributed by atoms with van der Waals surface area (Å²) in [6.07, 6.45) is 1.12. The van der Waals surface area contributed by atoms with Gasteiger partial charge in [-0.1, -0.05) is 44.2 Å². The fraction of sp³-hybridized carbons (Fsp3) is 0.333. The van der Waals surface area contributed by atoms with Crippen molar-refractivity contribution >= 4 is 0 Å². The molecule has 2 aromatic rings. The highest BCUT2D eigenvalue weighted by Gasteiger charge is 2.05. The summed E-state index contributed by atoms with van der Waals surface area (Å²) in [7, 11) is 1.68. The maximum atomic E-state index is 5.77. The molecule has 0 unspecified atom stereocenters. The summed E-state index contributed by atoms with van der Waals surface area (Å²) in [6.45, 7) is 4.97. The Bertz CT molecular complexity index is 558. The topological polar surface area (TPSA) is 35.2 Å². The monoisotopic (exact) mass is 269 g/mol. The summed E-state index contributed by atoms with van der Waals surface area (Å²) in [4.78, 5) is 0. The quantitative estimate of drug-likeness (QED) is 0.889. The average Bonchev–Trinajstić information content (AvgIpc) is 2.46. The average molecular weight is 269 g/mol. The molecule has 0 aliphatic carbocycles. The van der Waals surface area contributed by atoms with Crippen molar-refractivity contribution in [3.05, 3.63) is 53.6 Å². The fourth-order valence-electron chi connectivity index (χ4n) is 2.42. The molecule has 0 saturated carbocycles. The first-order chi connectivity index (χ1) is 9.63. The second-order valence-electron chi connectivity index (χ2n) is 5.53. The van der Waals surface area contributed by atoms with Crippen LogP contribution in [0.3, 0.4) is 0 Å². The van der Waals surface area contributed by atoms with E-state index in [9.17, 15) is 0 Å². The van der Waals surface area contributed by atoms with E-state index in [-0.39, 0.29) is 0 Å². The van der Waals surface area contributed by atoms with E-state index >= 15 is 0 Å². The normalized spacial score (nSPS) is 10.8. The van der Waals surface area contributed by atoms with Crippen LogP contribution in [0.1, 0.15) is 25.0 Å². The van der Waals surface area contributed by atoms with Crippen molar-refractivity contribution in [3.8, 4) is 16.9 Å². The SMILES string of the molecule is COc1ccc(-c2ccc(CC(C)C)cc2)cc1CN. The molecule has 20 heavy (non-hydrogen) atoms. The molecular formula is C18H23NO. The Hall–Kier alpha value is -1.80. The van der Waals surface area contributed by atoms with E-state index in [0.717, 1.165) is 17.7 Å². The number of ether oxygens (including phenoxy) is 1. The molecule has 2 heteroatoms. The number of methoxy groups -OCH3 is 1. The minimum atomic E-state index is 0.489. The van der Waals surface area contributed by atoms with Crippen molar-refractivity contribution in [1.82, 2.24) is 0 Å². The third kappa shape index (κ3) is 3.40. The summed E-state index contributed by atoms with van der Waals surface area (Å²) in [5, 5.41) is 0. The predicted molar refractivity (Wildman–Crippen MR) is 84.9 cm³/mol. The number of hydrogen-bond acceptors (Lipinski definition) is 2. The Balaban J connectivity index is 2.27. The molecule has 0 aliphatic heterocycles. The molecule has 2 nitrogen and oxygen atoms in total. The van der Waals surface area contributed by atoms with E-state index in [2.05, 4.69) is 50.2 Å². The van der Waals surface area contributed by atoms with Gasteiger partial charge in [-0.25, -0.2) is 0 Å². The second kappa shape index (κ2) is 6.58.